The van der Waals surface area contributed by atoms with E-state index in [-0.39, 0.29) is 24.3 Å². The largest absolute Gasteiger partial charge is 0.375 e. The molecule has 0 aromatic carbocycles. The van der Waals surface area contributed by atoms with Crippen LogP contribution in [0.25, 0.3) is 11.3 Å². The van der Waals surface area contributed by atoms with Crippen LogP contribution in [0.15, 0.2) is 29.9 Å². The highest BCUT2D eigenvalue weighted by Crippen LogP contribution is 2.21. The van der Waals surface area contributed by atoms with E-state index in [2.05, 4.69) is 15.3 Å². The molecule has 0 radical (unpaired) electrons. The minimum atomic E-state index is -0.177. The normalized spacial score (nSPS) is 17.1. The van der Waals surface area contributed by atoms with Gasteiger partial charge in [0.1, 0.15) is 11.6 Å². The SMILES string of the molecule is COCC(=O)N1CCC[C@H](C(=O)NCc2nc(-c3ccncc3)cs2)C1. The fourth-order valence-electron chi connectivity index (χ4n) is 2.99. The number of nitrogens with one attached hydrogen (secondary N) is 1. The van der Waals surface area contributed by atoms with Gasteiger partial charge in [-0.05, 0) is 25.0 Å². The lowest BCUT2D eigenvalue weighted by Crippen LogP contribution is -2.46. The first-order chi connectivity index (χ1) is 12.7. The van der Waals surface area contributed by atoms with Crippen molar-refractivity contribution >= 4 is 23.2 Å². The summed E-state index contributed by atoms with van der Waals surface area (Å²) in [6.07, 6.45) is 5.09. The second-order valence-corrected chi connectivity index (χ2v) is 7.13. The second kappa shape index (κ2) is 8.86. The van der Waals surface area contributed by atoms with E-state index in [1.54, 1.807) is 17.3 Å². The second-order valence-electron chi connectivity index (χ2n) is 6.19. The van der Waals surface area contributed by atoms with E-state index in [4.69, 9.17) is 4.74 Å². The number of hydrogen-bond donors (Lipinski definition) is 1. The number of pyridine rings is 1. The molecule has 7 nitrogen and oxygen atoms in total. The molecule has 1 N–H and O–H groups in total. The number of aromatic nitrogens is 2. The Morgan fingerprint density at radius 3 is 2.96 bits per heavy atom. The van der Waals surface area contributed by atoms with Crippen LogP contribution in [0.3, 0.4) is 0 Å². The highest BCUT2D eigenvalue weighted by Gasteiger charge is 2.28. The molecule has 0 bridgehead atoms. The molecule has 1 saturated heterocycles. The fourth-order valence-corrected chi connectivity index (χ4v) is 3.73. The van der Waals surface area contributed by atoms with Gasteiger partial charge >= 0.3 is 0 Å². The van der Waals surface area contributed by atoms with Crippen molar-refractivity contribution < 1.29 is 14.3 Å². The number of methoxy groups -OCH3 is 1. The van der Waals surface area contributed by atoms with E-state index in [1.807, 2.05) is 17.5 Å². The van der Waals surface area contributed by atoms with Crippen LogP contribution in [-0.2, 0) is 20.9 Å². The molecular formula is C18H22N4O3S. The van der Waals surface area contributed by atoms with Crippen LogP contribution in [0, 0.1) is 5.92 Å². The van der Waals surface area contributed by atoms with Crippen molar-refractivity contribution in [3.63, 3.8) is 0 Å². The molecule has 0 saturated carbocycles. The Kier molecular flexibility index (Phi) is 6.30. The number of rotatable bonds is 6. The number of nitrogens with zero attached hydrogens (tertiary/aromatic N) is 3. The van der Waals surface area contributed by atoms with Crippen molar-refractivity contribution in [2.24, 2.45) is 5.92 Å². The average molecular weight is 374 g/mol. The van der Waals surface area contributed by atoms with E-state index in [0.29, 0.717) is 19.6 Å². The molecule has 8 heteroatoms. The molecule has 2 aromatic heterocycles. The molecule has 0 unspecified atom stereocenters. The Labute approximate surface area is 156 Å². The van der Waals surface area contributed by atoms with Gasteiger partial charge in [0.15, 0.2) is 0 Å². The molecule has 1 aliphatic heterocycles. The van der Waals surface area contributed by atoms with Crippen molar-refractivity contribution in [2.75, 3.05) is 26.8 Å². The molecule has 2 aromatic rings. The summed E-state index contributed by atoms with van der Waals surface area (Å²) < 4.78 is 4.89. The number of likely N-dealkylation sites (tertiary alicyclic amines) is 1. The van der Waals surface area contributed by atoms with Gasteiger partial charge < -0.3 is 15.0 Å². The monoisotopic (exact) mass is 374 g/mol. The number of carbonyl (C=O) groups is 2. The third kappa shape index (κ3) is 4.64. The molecule has 2 amide bonds. The summed E-state index contributed by atoms with van der Waals surface area (Å²) in [7, 11) is 1.50. The number of piperidine rings is 1. The molecule has 3 rings (SSSR count). The Morgan fingerprint density at radius 2 is 2.19 bits per heavy atom. The topological polar surface area (TPSA) is 84.4 Å². The fraction of sp³-hybridized carbons (Fsp3) is 0.444. The average Bonchev–Trinajstić information content (AvgIpc) is 3.16. The highest BCUT2D eigenvalue weighted by atomic mass is 32.1. The summed E-state index contributed by atoms with van der Waals surface area (Å²) >= 11 is 1.52. The third-order valence-corrected chi connectivity index (χ3v) is 5.20. The van der Waals surface area contributed by atoms with Gasteiger partial charge in [-0.2, -0.15) is 0 Å². The maximum atomic E-state index is 12.5. The van der Waals surface area contributed by atoms with Crippen molar-refractivity contribution in [1.29, 1.82) is 0 Å². The van der Waals surface area contributed by atoms with Crippen LogP contribution in [0.5, 0.6) is 0 Å². The van der Waals surface area contributed by atoms with Crippen molar-refractivity contribution in [3.8, 4) is 11.3 Å². The molecule has 3 heterocycles. The van der Waals surface area contributed by atoms with Crippen LogP contribution in [-0.4, -0.2) is 53.5 Å². The molecule has 1 atom stereocenters. The van der Waals surface area contributed by atoms with Crippen molar-refractivity contribution in [2.45, 2.75) is 19.4 Å². The third-order valence-electron chi connectivity index (χ3n) is 4.35. The number of carbonyl (C=O) groups excluding carboxylic acids is 2. The van der Waals surface area contributed by atoms with Gasteiger partial charge in [-0.25, -0.2) is 4.98 Å². The number of thiazole rings is 1. The van der Waals surface area contributed by atoms with E-state index in [9.17, 15) is 9.59 Å². The van der Waals surface area contributed by atoms with Gasteiger partial charge in [-0.3, -0.25) is 14.6 Å². The maximum absolute atomic E-state index is 12.5. The van der Waals surface area contributed by atoms with E-state index >= 15 is 0 Å². The van der Waals surface area contributed by atoms with Gasteiger partial charge in [0.2, 0.25) is 11.8 Å². The standard InChI is InChI=1S/C18H22N4O3S/c1-25-11-17(23)22-8-2-3-14(10-22)18(24)20-9-16-21-15(12-26-16)13-4-6-19-7-5-13/h4-7,12,14H,2-3,8-11H2,1H3,(H,20,24)/t14-/m0/s1. The predicted molar refractivity (Wildman–Crippen MR) is 98.4 cm³/mol. The quantitative estimate of drug-likeness (QED) is 0.832. The van der Waals surface area contributed by atoms with E-state index < -0.39 is 0 Å². The Hall–Kier alpha value is -2.32. The van der Waals surface area contributed by atoms with Gasteiger partial charge in [0.05, 0.1) is 18.2 Å². The zero-order chi connectivity index (χ0) is 18.4. The zero-order valence-electron chi connectivity index (χ0n) is 14.7. The summed E-state index contributed by atoms with van der Waals surface area (Å²) in [4.78, 5) is 34.7. The van der Waals surface area contributed by atoms with Crippen LogP contribution < -0.4 is 5.32 Å². The lowest BCUT2D eigenvalue weighted by molar-refractivity contribution is -0.139. The van der Waals surface area contributed by atoms with Crippen molar-refractivity contribution in [1.82, 2.24) is 20.2 Å². The molecule has 0 spiro atoms. The Morgan fingerprint density at radius 1 is 1.38 bits per heavy atom. The lowest BCUT2D eigenvalue weighted by atomic mass is 9.97. The van der Waals surface area contributed by atoms with E-state index in [1.165, 1.54) is 18.4 Å². The van der Waals surface area contributed by atoms with Gasteiger partial charge in [0, 0.05) is 43.5 Å². The smallest absolute Gasteiger partial charge is 0.248 e. The summed E-state index contributed by atoms with van der Waals surface area (Å²) in [6.45, 7) is 1.60. The summed E-state index contributed by atoms with van der Waals surface area (Å²) in [6, 6.07) is 3.82. The number of hydrogen-bond acceptors (Lipinski definition) is 6. The van der Waals surface area contributed by atoms with Crippen LogP contribution >= 0.6 is 11.3 Å². The zero-order valence-corrected chi connectivity index (χ0v) is 15.5. The maximum Gasteiger partial charge on any atom is 0.248 e. The molecule has 1 aliphatic rings. The molecular weight excluding hydrogens is 352 g/mol. The van der Waals surface area contributed by atoms with Crippen LogP contribution in [0.4, 0.5) is 0 Å². The summed E-state index contributed by atoms with van der Waals surface area (Å²) in [5.74, 6) is -0.267. The minimum Gasteiger partial charge on any atom is -0.375 e. The minimum absolute atomic E-state index is 0.0272. The van der Waals surface area contributed by atoms with Gasteiger partial charge in [-0.15, -0.1) is 11.3 Å². The summed E-state index contributed by atoms with van der Waals surface area (Å²) in [5.41, 5.74) is 1.89. The highest BCUT2D eigenvalue weighted by molar-refractivity contribution is 7.09. The Balaban J connectivity index is 1.52. The van der Waals surface area contributed by atoms with Crippen molar-refractivity contribution in [3.05, 3.63) is 34.9 Å². The first-order valence-electron chi connectivity index (χ1n) is 8.56. The molecule has 0 aliphatic carbocycles. The number of ether oxygens (including phenoxy) is 1. The first-order valence-corrected chi connectivity index (χ1v) is 9.44. The molecule has 1 fully saturated rings. The summed E-state index contributed by atoms with van der Waals surface area (Å²) in [5, 5.41) is 5.78. The lowest BCUT2D eigenvalue weighted by Gasteiger charge is -2.31. The van der Waals surface area contributed by atoms with Crippen LogP contribution in [0.1, 0.15) is 17.8 Å². The van der Waals surface area contributed by atoms with E-state index in [0.717, 1.165) is 29.1 Å². The van der Waals surface area contributed by atoms with Gasteiger partial charge in [0.25, 0.3) is 0 Å². The van der Waals surface area contributed by atoms with Crippen LogP contribution in [0.2, 0.25) is 0 Å². The molecule has 26 heavy (non-hydrogen) atoms. The predicted octanol–water partition coefficient (Wildman–Crippen LogP) is 1.71. The van der Waals surface area contributed by atoms with Gasteiger partial charge in [-0.1, -0.05) is 0 Å². The molecule has 138 valence electrons. The number of amides is 2. The first kappa shape index (κ1) is 18.5. The Bertz CT molecular complexity index is 750.